The number of allylic oxidation sites excluding steroid dienone is 1. The smallest absolute Gasteiger partial charge is 0.417 e. The van der Waals surface area contributed by atoms with Gasteiger partial charge in [0.25, 0.3) is 0 Å². The van der Waals surface area contributed by atoms with E-state index >= 15 is 0 Å². The molecule has 0 unspecified atom stereocenters. The molecule has 3 nitrogen and oxygen atoms in total. The number of hydrogen-bond donors (Lipinski definition) is 2. The average Bonchev–Trinajstić information content (AvgIpc) is 2.38. The summed E-state index contributed by atoms with van der Waals surface area (Å²) in [5.74, 6) is -1.09. The van der Waals surface area contributed by atoms with E-state index in [0.29, 0.717) is 0 Å². The molecule has 0 aromatic heterocycles. The lowest BCUT2D eigenvalue weighted by molar-refractivity contribution is -0.138. The lowest BCUT2D eigenvalue weighted by Gasteiger charge is -2.18. The van der Waals surface area contributed by atoms with E-state index in [9.17, 15) is 18.0 Å². The maximum atomic E-state index is 12.8. The zero-order valence-electron chi connectivity index (χ0n) is 9.66. The third-order valence-corrected chi connectivity index (χ3v) is 2.73. The molecule has 0 spiro atoms. The Morgan fingerprint density at radius 2 is 1.95 bits per heavy atom. The van der Waals surface area contributed by atoms with Crippen LogP contribution in [0, 0.1) is 0 Å². The first-order chi connectivity index (χ1) is 8.89. The van der Waals surface area contributed by atoms with Crippen LogP contribution in [0.4, 0.5) is 13.2 Å². The fourth-order valence-corrected chi connectivity index (χ4v) is 1.80. The molecule has 1 aromatic carbocycles. The van der Waals surface area contributed by atoms with Gasteiger partial charge >= 0.3 is 12.1 Å². The van der Waals surface area contributed by atoms with Crippen molar-refractivity contribution in [3.63, 3.8) is 0 Å². The van der Waals surface area contributed by atoms with Crippen molar-refractivity contribution < 1.29 is 23.1 Å². The fourth-order valence-electron chi connectivity index (χ4n) is 1.80. The van der Waals surface area contributed by atoms with Crippen LogP contribution >= 0.6 is 0 Å². The van der Waals surface area contributed by atoms with Crippen LogP contribution in [0.5, 0.6) is 0 Å². The third-order valence-electron chi connectivity index (χ3n) is 2.73. The normalized spacial score (nSPS) is 15.3. The highest BCUT2D eigenvalue weighted by Gasteiger charge is 2.34. The summed E-state index contributed by atoms with van der Waals surface area (Å²) in [6.45, 7) is 0. The van der Waals surface area contributed by atoms with Gasteiger partial charge in [-0.25, -0.2) is 4.79 Å². The van der Waals surface area contributed by atoms with Crippen molar-refractivity contribution in [1.82, 2.24) is 5.32 Å². The van der Waals surface area contributed by atoms with E-state index in [1.807, 2.05) is 0 Å². The molecule has 0 aliphatic carbocycles. The van der Waals surface area contributed by atoms with Gasteiger partial charge in [0, 0.05) is 23.9 Å². The summed E-state index contributed by atoms with van der Waals surface area (Å²) in [7, 11) is 0. The van der Waals surface area contributed by atoms with Crippen molar-refractivity contribution in [3.8, 4) is 0 Å². The summed E-state index contributed by atoms with van der Waals surface area (Å²) < 4.78 is 38.5. The van der Waals surface area contributed by atoms with E-state index in [-0.39, 0.29) is 23.3 Å². The number of alkyl halides is 3. The molecule has 0 fully saturated rings. The Balaban J connectivity index is 2.33. The van der Waals surface area contributed by atoms with Gasteiger partial charge in [-0.05, 0) is 6.07 Å². The number of nitrogens with one attached hydrogen (secondary N) is 1. The van der Waals surface area contributed by atoms with Gasteiger partial charge < -0.3 is 10.4 Å². The van der Waals surface area contributed by atoms with Gasteiger partial charge in [-0.15, -0.1) is 0 Å². The van der Waals surface area contributed by atoms with E-state index in [1.165, 1.54) is 30.5 Å². The lowest BCUT2D eigenvalue weighted by Crippen LogP contribution is -2.17. The number of carboxylic acid groups (broad SMARTS) is 1. The number of benzene rings is 1. The van der Waals surface area contributed by atoms with Crippen molar-refractivity contribution in [1.29, 1.82) is 0 Å². The van der Waals surface area contributed by atoms with Gasteiger partial charge in [0.05, 0.1) is 11.1 Å². The van der Waals surface area contributed by atoms with E-state index < -0.39 is 17.7 Å². The highest BCUT2D eigenvalue weighted by molar-refractivity contribution is 5.88. The lowest BCUT2D eigenvalue weighted by atomic mass is 10.0. The number of halogens is 3. The molecule has 6 heteroatoms. The minimum atomic E-state index is -4.45. The van der Waals surface area contributed by atoms with Crippen molar-refractivity contribution in [2.45, 2.75) is 12.6 Å². The predicted molar refractivity (Wildman–Crippen MR) is 62.9 cm³/mol. The fraction of sp³-hybridized carbons (Fsp3) is 0.154. The average molecular weight is 269 g/mol. The van der Waals surface area contributed by atoms with Gasteiger partial charge in [-0.3, -0.25) is 0 Å². The number of dihydropyridines is 1. The molecule has 2 N–H and O–H groups in total. The largest absolute Gasteiger partial charge is 0.478 e. The molecule has 0 bridgehead atoms. The summed E-state index contributed by atoms with van der Waals surface area (Å²) in [5, 5.41) is 11.4. The van der Waals surface area contributed by atoms with Gasteiger partial charge in [-0.1, -0.05) is 24.3 Å². The Labute approximate surface area is 107 Å². The molecule has 1 heterocycles. The highest BCUT2D eigenvalue weighted by atomic mass is 19.4. The molecule has 2 rings (SSSR count). The van der Waals surface area contributed by atoms with E-state index in [2.05, 4.69) is 5.32 Å². The molecule has 0 radical (unpaired) electrons. The van der Waals surface area contributed by atoms with Crippen molar-refractivity contribution >= 4 is 11.7 Å². The predicted octanol–water partition coefficient (Wildman–Crippen LogP) is 3.01. The second-order valence-electron chi connectivity index (χ2n) is 3.98. The van der Waals surface area contributed by atoms with Gasteiger partial charge in [0.1, 0.15) is 0 Å². The summed E-state index contributed by atoms with van der Waals surface area (Å²) in [4.78, 5) is 10.7. The second kappa shape index (κ2) is 4.79. The first kappa shape index (κ1) is 13.2. The number of aliphatic carboxylic acids is 1. The Bertz CT molecular complexity index is 573. The minimum absolute atomic E-state index is 0.00990. The molecule has 0 amide bonds. The maximum absolute atomic E-state index is 12.8. The van der Waals surface area contributed by atoms with Crippen LogP contribution in [-0.4, -0.2) is 11.1 Å². The van der Waals surface area contributed by atoms with Crippen LogP contribution in [0.2, 0.25) is 0 Å². The molecule has 1 aromatic rings. The molecule has 19 heavy (non-hydrogen) atoms. The number of carboxylic acids is 1. The van der Waals surface area contributed by atoms with Crippen LogP contribution < -0.4 is 5.32 Å². The number of hydrogen-bond acceptors (Lipinski definition) is 2. The topological polar surface area (TPSA) is 49.3 Å². The Morgan fingerprint density at radius 1 is 1.26 bits per heavy atom. The summed E-state index contributed by atoms with van der Waals surface area (Å²) in [6.07, 6.45) is -1.71. The first-order valence-electron chi connectivity index (χ1n) is 5.45. The van der Waals surface area contributed by atoms with E-state index in [0.717, 1.165) is 6.07 Å². The Morgan fingerprint density at radius 3 is 2.47 bits per heavy atom. The van der Waals surface area contributed by atoms with Gasteiger partial charge in [-0.2, -0.15) is 13.2 Å². The van der Waals surface area contributed by atoms with Crippen LogP contribution in [-0.2, 0) is 11.0 Å². The van der Waals surface area contributed by atoms with Crippen molar-refractivity contribution in [3.05, 3.63) is 53.2 Å². The summed E-state index contributed by atoms with van der Waals surface area (Å²) >= 11 is 0. The van der Waals surface area contributed by atoms with E-state index in [4.69, 9.17) is 5.11 Å². The molecule has 0 saturated heterocycles. The monoisotopic (exact) mass is 269 g/mol. The number of carbonyl (C=O) groups is 1. The first-order valence-corrected chi connectivity index (χ1v) is 5.45. The Hall–Kier alpha value is -2.24. The quantitative estimate of drug-likeness (QED) is 0.867. The number of rotatable bonds is 2. The maximum Gasteiger partial charge on any atom is 0.417 e. The molecule has 100 valence electrons. The summed E-state index contributed by atoms with van der Waals surface area (Å²) in [5.41, 5.74) is -0.372. The summed E-state index contributed by atoms with van der Waals surface area (Å²) in [6, 6.07) is 5.16. The minimum Gasteiger partial charge on any atom is -0.478 e. The van der Waals surface area contributed by atoms with Crippen LogP contribution in [0.15, 0.2) is 42.1 Å². The third kappa shape index (κ3) is 2.78. The molecule has 0 saturated carbocycles. The van der Waals surface area contributed by atoms with Crippen LogP contribution in [0.25, 0.3) is 5.70 Å². The molecular formula is C13H10F3NO2. The Kier molecular flexibility index (Phi) is 3.33. The van der Waals surface area contributed by atoms with Crippen molar-refractivity contribution in [2.75, 3.05) is 0 Å². The molecule has 0 atom stereocenters. The van der Waals surface area contributed by atoms with E-state index in [1.54, 1.807) is 0 Å². The van der Waals surface area contributed by atoms with Gasteiger partial charge in [0.2, 0.25) is 0 Å². The SMILES string of the molecule is O=C(O)C1=CNC(c2ccccc2C(F)(F)F)=CC1. The molecule has 1 aliphatic rings. The van der Waals surface area contributed by atoms with Gasteiger partial charge in [0.15, 0.2) is 0 Å². The zero-order chi connectivity index (χ0) is 14.0. The molecule has 1 aliphatic heterocycles. The van der Waals surface area contributed by atoms with Crippen molar-refractivity contribution in [2.24, 2.45) is 0 Å². The second-order valence-corrected chi connectivity index (χ2v) is 3.98. The highest BCUT2D eigenvalue weighted by Crippen LogP contribution is 2.35. The van der Waals surface area contributed by atoms with Crippen LogP contribution in [0.1, 0.15) is 17.5 Å². The standard InChI is InChI=1S/C13H10F3NO2/c14-13(15,16)10-4-2-1-3-9(10)11-6-5-8(7-17-11)12(18)19/h1-4,6-7,17H,5H2,(H,18,19). The zero-order valence-corrected chi connectivity index (χ0v) is 9.66. The molecular weight excluding hydrogens is 259 g/mol. The van der Waals surface area contributed by atoms with Crippen LogP contribution in [0.3, 0.4) is 0 Å².